The normalized spacial score (nSPS) is 20.6. The fraction of sp³-hybridized carbons (Fsp3) is 1.00. The summed E-state index contributed by atoms with van der Waals surface area (Å²) in [4.78, 5) is 2.63. The Hall–Kier alpha value is -0.0800. The molecule has 0 bridgehead atoms. The van der Waals surface area contributed by atoms with Crippen LogP contribution in [0.5, 0.6) is 0 Å². The van der Waals surface area contributed by atoms with Crippen LogP contribution >= 0.6 is 0 Å². The molecule has 0 atom stereocenters. The van der Waals surface area contributed by atoms with Gasteiger partial charge in [-0.15, -0.1) is 0 Å². The van der Waals surface area contributed by atoms with Gasteiger partial charge in [-0.3, -0.25) is 0 Å². The van der Waals surface area contributed by atoms with Crippen LogP contribution in [0.15, 0.2) is 0 Å². The van der Waals surface area contributed by atoms with Crippen LogP contribution in [0.3, 0.4) is 0 Å². The van der Waals surface area contributed by atoms with E-state index < -0.39 is 0 Å². The van der Waals surface area contributed by atoms with Crippen LogP contribution in [0.4, 0.5) is 0 Å². The van der Waals surface area contributed by atoms with Crippen molar-refractivity contribution in [1.29, 1.82) is 0 Å². The summed E-state index contributed by atoms with van der Waals surface area (Å²) < 4.78 is 0. The van der Waals surface area contributed by atoms with E-state index in [4.69, 9.17) is 0 Å². The number of piperidine rings is 1. The van der Waals surface area contributed by atoms with Crippen molar-refractivity contribution in [2.45, 2.75) is 33.1 Å². The third-order valence-electron chi connectivity index (χ3n) is 3.22. The summed E-state index contributed by atoms with van der Waals surface area (Å²) in [6, 6.07) is 0. The first-order chi connectivity index (χ1) is 6.72. The summed E-state index contributed by atoms with van der Waals surface area (Å²) in [5, 5.41) is 3.28. The zero-order valence-electron chi connectivity index (χ0n) is 10.1. The molecule has 1 rings (SSSR count). The number of hydrogen-bond acceptors (Lipinski definition) is 2. The third kappa shape index (κ3) is 4.43. The van der Waals surface area contributed by atoms with Crippen molar-refractivity contribution < 1.29 is 0 Å². The number of likely N-dealkylation sites (tertiary alicyclic amines) is 1. The Labute approximate surface area is 89.1 Å². The van der Waals surface area contributed by atoms with E-state index in [9.17, 15) is 0 Å². The SMILES string of the molecule is CNCC1CCN(CCC(C)C)CC1. The largest absolute Gasteiger partial charge is 0.319 e. The number of nitrogens with one attached hydrogen (secondary N) is 1. The summed E-state index contributed by atoms with van der Waals surface area (Å²) in [6.07, 6.45) is 4.13. The zero-order chi connectivity index (χ0) is 10.4. The fourth-order valence-electron chi connectivity index (χ4n) is 2.14. The average molecular weight is 198 g/mol. The Morgan fingerprint density at radius 3 is 2.43 bits per heavy atom. The first-order valence-electron chi connectivity index (χ1n) is 6.09. The third-order valence-corrected chi connectivity index (χ3v) is 3.22. The van der Waals surface area contributed by atoms with Gasteiger partial charge in [0.1, 0.15) is 0 Å². The molecule has 0 radical (unpaired) electrons. The van der Waals surface area contributed by atoms with E-state index in [2.05, 4.69) is 31.1 Å². The zero-order valence-corrected chi connectivity index (χ0v) is 10.1. The van der Waals surface area contributed by atoms with E-state index in [1.54, 1.807) is 0 Å². The van der Waals surface area contributed by atoms with Gasteiger partial charge in [0, 0.05) is 0 Å². The lowest BCUT2D eigenvalue weighted by atomic mass is 9.96. The molecule has 2 heteroatoms. The summed E-state index contributed by atoms with van der Waals surface area (Å²) in [7, 11) is 2.06. The number of rotatable bonds is 5. The number of hydrogen-bond donors (Lipinski definition) is 1. The summed E-state index contributed by atoms with van der Waals surface area (Å²) in [6.45, 7) is 9.78. The molecule has 0 spiro atoms. The van der Waals surface area contributed by atoms with Crippen molar-refractivity contribution in [2.75, 3.05) is 33.2 Å². The standard InChI is InChI=1S/C12H26N2/c1-11(2)4-7-14-8-5-12(6-9-14)10-13-3/h11-13H,4-10H2,1-3H3. The molecule has 1 aliphatic rings. The molecule has 0 aromatic rings. The lowest BCUT2D eigenvalue weighted by molar-refractivity contribution is 0.176. The Kier molecular flexibility index (Phi) is 5.49. The first-order valence-corrected chi connectivity index (χ1v) is 6.09. The smallest absolute Gasteiger partial charge is 0.00156 e. The molecule has 0 aromatic carbocycles. The Balaban J connectivity index is 2.09. The highest BCUT2D eigenvalue weighted by atomic mass is 15.1. The van der Waals surface area contributed by atoms with Crippen molar-refractivity contribution in [3.8, 4) is 0 Å². The molecule has 1 saturated heterocycles. The molecule has 1 aliphatic heterocycles. The molecule has 2 nitrogen and oxygen atoms in total. The van der Waals surface area contributed by atoms with Gasteiger partial charge in [0.25, 0.3) is 0 Å². The van der Waals surface area contributed by atoms with E-state index in [-0.39, 0.29) is 0 Å². The summed E-state index contributed by atoms with van der Waals surface area (Å²) >= 11 is 0. The maximum absolute atomic E-state index is 3.28. The molecule has 1 N–H and O–H groups in total. The van der Waals surface area contributed by atoms with Gasteiger partial charge in [0.05, 0.1) is 0 Å². The maximum atomic E-state index is 3.28. The van der Waals surface area contributed by atoms with Gasteiger partial charge in [-0.25, -0.2) is 0 Å². The van der Waals surface area contributed by atoms with E-state index in [1.165, 1.54) is 45.4 Å². The van der Waals surface area contributed by atoms with Crippen molar-refractivity contribution in [2.24, 2.45) is 11.8 Å². The van der Waals surface area contributed by atoms with Gasteiger partial charge in [-0.2, -0.15) is 0 Å². The molecule has 0 amide bonds. The fourth-order valence-corrected chi connectivity index (χ4v) is 2.14. The molecule has 0 unspecified atom stereocenters. The van der Waals surface area contributed by atoms with Gasteiger partial charge in [0.15, 0.2) is 0 Å². The second kappa shape index (κ2) is 6.41. The summed E-state index contributed by atoms with van der Waals surface area (Å²) in [5.41, 5.74) is 0. The molecule has 1 heterocycles. The second-order valence-electron chi connectivity index (χ2n) is 5.03. The van der Waals surface area contributed by atoms with Crippen LogP contribution in [0.2, 0.25) is 0 Å². The molecule has 0 aliphatic carbocycles. The number of nitrogens with zero attached hydrogens (tertiary/aromatic N) is 1. The Bertz CT molecular complexity index is 137. The highest BCUT2D eigenvalue weighted by molar-refractivity contribution is 4.73. The van der Waals surface area contributed by atoms with Gasteiger partial charge in [-0.1, -0.05) is 13.8 Å². The van der Waals surface area contributed by atoms with Gasteiger partial charge < -0.3 is 10.2 Å². The minimum atomic E-state index is 0.852. The van der Waals surface area contributed by atoms with Gasteiger partial charge in [0.2, 0.25) is 0 Å². The Morgan fingerprint density at radius 1 is 1.29 bits per heavy atom. The molecule has 84 valence electrons. The van der Waals surface area contributed by atoms with E-state index >= 15 is 0 Å². The van der Waals surface area contributed by atoms with Crippen LogP contribution in [-0.2, 0) is 0 Å². The van der Waals surface area contributed by atoms with Crippen LogP contribution in [0.25, 0.3) is 0 Å². The second-order valence-corrected chi connectivity index (χ2v) is 5.03. The van der Waals surface area contributed by atoms with Crippen molar-refractivity contribution in [3.05, 3.63) is 0 Å². The molecule has 0 aromatic heterocycles. The highest BCUT2D eigenvalue weighted by Crippen LogP contribution is 2.17. The topological polar surface area (TPSA) is 15.3 Å². The molecule has 0 saturated carbocycles. The quantitative estimate of drug-likeness (QED) is 0.726. The van der Waals surface area contributed by atoms with Crippen molar-refractivity contribution in [1.82, 2.24) is 10.2 Å². The van der Waals surface area contributed by atoms with Crippen molar-refractivity contribution >= 4 is 0 Å². The van der Waals surface area contributed by atoms with Crippen LogP contribution in [0, 0.1) is 11.8 Å². The Morgan fingerprint density at radius 2 is 1.93 bits per heavy atom. The van der Waals surface area contributed by atoms with Crippen LogP contribution in [0.1, 0.15) is 33.1 Å². The van der Waals surface area contributed by atoms with Crippen LogP contribution in [-0.4, -0.2) is 38.1 Å². The van der Waals surface area contributed by atoms with Gasteiger partial charge >= 0.3 is 0 Å². The molecular formula is C12H26N2. The highest BCUT2D eigenvalue weighted by Gasteiger charge is 2.17. The maximum Gasteiger partial charge on any atom is -0.00156 e. The van der Waals surface area contributed by atoms with E-state index in [0.29, 0.717) is 0 Å². The van der Waals surface area contributed by atoms with Crippen molar-refractivity contribution in [3.63, 3.8) is 0 Å². The minimum absolute atomic E-state index is 0.852. The van der Waals surface area contributed by atoms with Gasteiger partial charge in [-0.05, 0) is 64.3 Å². The van der Waals surface area contributed by atoms with E-state index in [1.807, 2.05) is 0 Å². The van der Waals surface area contributed by atoms with E-state index in [0.717, 1.165) is 11.8 Å². The first kappa shape index (κ1) is 12.0. The summed E-state index contributed by atoms with van der Waals surface area (Å²) in [5.74, 6) is 1.78. The predicted octanol–water partition coefficient (Wildman–Crippen LogP) is 1.96. The lowest BCUT2D eigenvalue weighted by Gasteiger charge is -2.32. The average Bonchev–Trinajstić information content (AvgIpc) is 2.17. The van der Waals surface area contributed by atoms with Crippen LogP contribution < -0.4 is 5.32 Å². The predicted molar refractivity (Wildman–Crippen MR) is 62.5 cm³/mol. The minimum Gasteiger partial charge on any atom is -0.319 e. The molecular weight excluding hydrogens is 172 g/mol. The lowest BCUT2D eigenvalue weighted by Crippen LogP contribution is -2.37. The monoisotopic (exact) mass is 198 g/mol. The molecule has 1 fully saturated rings. The molecule has 14 heavy (non-hydrogen) atoms.